The Morgan fingerprint density at radius 3 is 2.69 bits per heavy atom. The van der Waals surface area contributed by atoms with E-state index in [-0.39, 0.29) is 0 Å². The molecule has 4 heterocycles. The third-order valence-corrected chi connectivity index (χ3v) is 4.19. The topological polar surface area (TPSA) is 77.3 Å². The van der Waals surface area contributed by atoms with Crippen molar-refractivity contribution < 1.29 is 9.47 Å². The Bertz CT molecular complexity index is 1050. The summed E-state index contributed by atoms with van der Waals surface area (Å²) in [5.74, 6) is 0.594. The van der Waals surface area contributed by atoms with Gasteiger partial charge in [0.1, 0.15) is 0 Å². The fourth-order valence-electron chi connectivity index (χ4n) is 2.97. The van der Waals surface area contributed by atoms with Gasteiger partial charge in [0.2, 0.25) is 6.29 Å². The summed E-state index contributed by atoms with van der Waals surface area (Å²) in [4.78, 5) is 12.7. The van der Waals surface area contributed by atoms with Crippen molar-refractivity contribution in [1.29, 1.82) is 0 Å². The van der Waals surface area contributed by atoms with Gasteiger partial charge in [-0.25, -0.2) is 9.50 Å². The van der Waals surface area contributed by atoms with Gasteiger partial charge in [-0.2, -0.15) is 5.10 Å². The first-order chi connectivity index (χ1) is 12.7. The summed E-state index contributed by atoms with van der Waals surface area (Å²) in [6, 6.07) is 11.9. The predicted molar refractivity (Wildman–Crippen MR) is 97.5 cm³/mol. The molecule has 0 aliphatic carbocycles. The summed E-state index contributed by atoms with van der Waals surface area (Å²) in [7, 11) is 3.17. The quantitative estimate of drug-likeness (QED) is 0.559. The summed E-state index contributed by atoms with van der Waals surface area (Å²) >= 11 is 0. The maximum absolute atomic E-state index is 5.36. The van der Waals surface area contributed by atoms with E-state index in [0.29, 0.717) is 5.82 Å². The molecular weight excluding hydrogens is 330 g/mol. The van der Waals surface area contributed by atoms with Gasteiger partial charge in [0.15, 0.2) is 5.82 Å². The second-order valence-corrected chi connectivity index (χ2v) is 5.93. The lowest BCUT2D eigenvalue weighted by Crippen LogP contribution is -2.05. The Morgan fingerprint density at radius 1 is 1.08 bits per heavy atom. The second-order valence-electron chi connectivity index (χ2n) is 5.93. The zero-order chi connectivity index (χ0) is 18.1. The smallest absolute Gasteiger partial charge is 0.216 e. The number of aryl methyl sites for hydroxylation is 1. The minimum Gasteiger partial charge on any atom is -0.349 e. The van der Waals surface area contributed by atoms with Crippen LogP contribution in [0.1, 0.15) is 17.8 Å². The zero-order valence-corrected chi connectivity index (χ0v) is 14.8. The van der Waals surface area contributed by atoms with Gasteiger partial charge in [0.25, 0.3) is 0 Å². The molecule has 0 aliphatic heterocycles. The molecule has 0 amide bonds. The van der Waals surface area contributed by atoms with Crippen LogP contribution in [0, 0.1) is 6.92 Å². The van der Waals surface area contributed by atoms with Gasteiger partial charge in [-0.3, -0.25) is 4.98 Å². The van der Waals surface area contributed by atoms with Crippen LogP contribution < -0.4 is 0 Å². The van der Waals surface area contributed by atoms with Gasteiger partial charge in [-0.05, 0) is 37.3 Å². The molecule has 0 unspecified atom stereocenters. The van der Waals surface area contributed by atoms with E-state index >= 15 is 0 Å². The van der Waals surface area contributed by atoms with Crippen LogP contribution in [0.2, 0.25) is 0 Å². The number of nitrogens with one attached hydrogen (secondary N) is 1. The predicted octanol–water partition coefficient (Wildman–Crippen LogP) is 3.39. The van der Waals surface area contributed by atoms with Crippen LogP contribution in [0.15, 0.2) is 48.8 Å². The van der Waals surface area contributed by atoms with Crippen LogP contribution in [-0.4, -0.2) is 38.8 Å². The molecule has 7 heteroatoms. The van der Waals surface area contributed by atoms with E-state index < -0.39 is 6.29 Å². The van der Waals surface area contributed by atoms with Crippen molar-refractivity contribution in [2.75, 3.05) is 14.2 Å². The lowest BCUT2D eigenvalue weighted by Gasteiger charge is -2.09. The number of nitrogens with zero attached hydrogens (tertiary/aromatic N) is 4. The molecule has 26 heavy (non-hydrogen) atoms. The average Bonchev–Trinajstić information content (AvgIpc) is 3.29. The van der Waals surface area contributed by atoms with E-state index in [4.69, 9.17) is 14.5 Å². The molecule has 0 atom stereocenters. The number of pyridine rings is 2. The van der Waals surface area contributed by atoms with Crippen molar-refractivity contribution in [1.82, 2.24) is 24.6 Å². The first kappa shape index (κ1) is 16.4. The molecule has 1 N–H and O–H groups in total. The molecule has 0 saturated carbocycles. The molecule has 7 nitrogen and oxygen atoms in total. The van der Waals surface area contributed by atoms with Crippen molar-refractivity contribution >= 4 is 5.52 Å². The lowest BCUT2D eigenvalue weighted by molar-refractivity contribution is -0.111. The number of hydrogen-bond donors (Lipinski definition) is 1. The number of fused-ring (bicyclic) bond motifs is 1. The largest absolute Gasteiger partial charge is 0.349 e. The van der Waals surface area contributed by atoms with Gasteiger partial charge >= 0.3 is 0 Å². The Labute approximate surface area is 150 Å². The minimum atomic E-state index is -0.578. The van der Waals surface area contributed by atoms with Crippen LogP contribution in [-0.2, 0) is 9.47 Å². The fraction of sp³-hybridized carbons (Fsp3) is 0.211. The molecule has 0 aliphatic rings. The third kappa shape index (κ3) is 2.87. The van der Waals surface area contributed by atoms with Crippen molar-refractivity contribution in [2.24, 2.45) is 0 Å². The zero-order valence-electron chi connectivity index (χ0n) is 14.8. The Hall–Kier alpha value is -3.03. The highest BCUT2D eigenvalue weighted by molar-refractivity contribution is 5.78. The van der Waals surface area contributed by atoms with Crippen LogP contribution in [0.25, 0.3) is 28.2 Å². The SMILES string of the molecule is COC(OC)c1nc(-c2ccn3nccc3c2)c(-c2cccc(C)n2)[nH]1. The van der Waals surface area contributed by atoms with Gasteiger partial charge < -0.3 is 14.5 Å². The van der Waals surface area contributed by atoms with Crippen LogP contribution in [0.3, 0.4) is 0 Å². The van der Waals surface area contributed by atoms with Crippen molar-refractivity contribution in [3.05, 3.63) is 60.3 Å². The van der Waals surface area contributed by atoms with Crippen LogP contribution >= 0.6 is 0 Å². The maximum atomic E-state index is 5.36. The Balaban J connectivity index is 1.90. The summed E-state index contributed by atoms with van der Waals surface area (Å²) in [6.07, 6.45) is 3.10. The Kier molecular flexibility index (Phi) is 4.24. The highest BCUT2D eigenvalue weighted by Crippen LogP contribution is 2.32. The molecule has 0 spiro atoms. The maximum Gasteiger partial charge on any atom is 0.216 e. The number of ether oxygens (including phenoxy) is 2. The van der Waals surface area contributed by atoms with Gasteiger partial charge in [-0.15, -0.1) is 0 Å². The fourth-order valence-corrected chi connectivity index (χ4v) is 2.97. The number of rotatable bonds is 5. The first-order valence-electron chi connectivity index (χ1n) is 8.23. The third-order valence-electron chi connectivity index (χ3n) is 4.19. The number of methoxy groups -OCH3 is 2. The van der Waals surface area contributed by atoms with Crippen LogP contribution in [0.5, 0.6) is 0 Å². The lowest BCUT2D eigenvalue weighted by atomic mass is 10.1. The van der Waals surface area contributed by atoms with E-state index in [1.54, 1.807) is 20.4 Å². The normalized spacial score (nSPS) is 11.5. The molecule has 0 saturated heterocycles. The summed E-state index contributed by atoms with van der Waals surface area (Å²) < 4.78 is 12.5. The van der Waals surface area contributed by atoms with Gasteiger partial charge in [-0.1, -0.05) is 6.07 Å². The molecule has 0 aromatic carbocycles. The number of aromatic amines is 1. The molecule has 4 aromatic rings. The van der Waals surface area contributed by atoms with Crippen molar-refractivity contribution in [3.8, 4) is 22.6 Å². The summed E-state index contributed by atoms with van der Waals surface area (Å²) in [5, 5.41) is 4.24. The van der Waals surface area contributed by atoms with Gasteiger partial charge in [0.05, 0.1) is 22.6 Å². The molecule has 4 aromatic heterocycles. The summed E-state index contributed by atoms with van der Waals surface area (Å²) in [6.45, 7) is 1.96. The van der Waals surface area contributed by atoms with E-state index in [2.05, 4.69) is 15.1 Å². The molecule has 0 bridgehead atoms. The van der Waals surface area contributed by atoms with E-state index in [9.17, 15) is 0 Å². The van der Waals surface area contributed by atoms with E-state index in [0.717, 1.165) is 33.9 Å². The van der Waals surface area contributed by atoms with Gasteiger partial charge in [0, 0.05) is 37.9 Å². The monoisotopic (exact) mass is 349 g/mol. The number of hydrogen-bond acceptors (Lipinski definition) is 5. The average molecular weight is 349 g/mol. The molecule has 0 radical (unpaired) electrons. The van der Waals surface area contributed by atoms with Crippen molar-refractivity contribution in [3.63, 3.8) is 0 Å². The molecule has 132 valence electrons. The molecule has 0 fully saturated rings. The van der Waals surface area contributed by atoms with Crippen molar-refractivity contribution in [2.45, 2.75) is 13.2 Å². The second kappa shape index (κ2) is 6.70. The molecule has 4 rings (SSSR count). The number of imidazole rings is 1. The molecular formula is C19H19N5O2. The summed E-state index contributed by atoms with van der Waals surface area (Å²) in [5.41, 5.74) is 5.33. The standard InChI is InChI=1S/C19H19N5O2/c1-12-5-4-6-15(21-12)17-16(22-18(23-17)19(25-2)26-3)13-8-10-24-14(11-13)7-9-20-24/h4-11,19H,1-3H3,(H,22,23). The first-order valence-corrected chi connectivity index (χ1v) is 8.23. The highest BCUT2D eigenvalue weighted by Gasteiger charge is 2.21. The number of aromatic nitrogens is 5. The Morgan fingerprint density at radius 2 is 1.92 bits per heavy atom. The van der Waals surface area contributed by atoms with Crippen LogP contribution in [0.4, 0.5) is 0 Å². The minimum absolute atomic E-state index is 0.578. The van der Waals surface area contributed by atoms with E-state index in [1.165, 1.54) is 0 Å². The number of H-pyrrole nitrogens is 1. The highest BCUT2D eigenvalue weighted by atomic mass is 16.7. The van der Waals surface area contributed by atoms with E-state index in [1.807, 2.05) is 54.0 Å².